The van der Waals surface area contributed by atoms with Crippen LogP contribution in [0.3, 0.4) is 0 Å². The minimum absolute atomic E-state index is 0.0280. The Balaban J connectivity index is 1.88. The average Bonchev–Trinajstić information content (AvgIpc) is 2.98. The fraction of sp³-hybridized carbons (Fsp3) is 0.613. The molecule has 1 saturated carbocycles. The Morgan fingerprint density at radius 3 is 2.36 bits per heavy atom. The van der Waals surface area contributed by atoms with E-state index in [1.807, 2.05) is 12.1 Å². The molecule has 1 amide bonds. The molecule has 3 rings (SSSR count). The normalized spacial score (nSPS) is 18.6. The maximum Gasteiger partial charge on any atom is 0.328 e. The maximum absolute atomic E-state index is 14.4. The van der Waals surface area contributed by atoms with Crippen molar-refractivity contribution in [3.63, 3.8) is 0 Å². The molecule has 2 fully saturated rings. The van der Waals surface area contributed by atoms with Crippen LogP contribution in [0.15, 0.2) is 37.4 Å². The third-order valence-electron chi connectivity index (χ3n) is 7.54. The number of likely N-dealkylation sites (tertiary alicyclic amines) is 1. The molecule has 8 nitrogen and oxygen atoms in total. The zero-order valence-corrected chi connectivity index (χ0v) is 23.7. The number of rotatable bonds is 15. The van der Waals surface area contributed by atoms with Crippen LogP contribution in [0.25, 0.3) is 0 Å². The van der Waals surface area contributed by atoms with Gasteiger partial charge in [-0.15, -0.1) is 6.58 Å². The first-order valence-electron chi connectivity index (χ1n) is 14.2. The van der Waals surface area contributed by atoms with Crippen molar-refractivity contribution in [2.24, 2.45) is 5.92 Å². The van der Waals surface area contributed by atoms with Crippen LogP contribution in [-0.2, 0) is 19.1 Å². The largest absolute Gasteiger partial charge is 0.493 e. The molecule has 39 heavy (non-hydrogen) atoms. The van der Waals surface area contributed by atoms with Gasteiger partial charge in [0.05, 0.1) is 40.0 Å². The van der Waals surface area contributed by atoms with Crippen molar-refractivity contribution < 1.29 is 33.3 Å². The van der Waals surface area contributed by atoms with Crippen molar-refractivity contribution in [3.05, 3.63) is 43.0 Å². The number of amides is 1. The lowest BCUT2D eigenvalue weighted by Crippen LogP contribution is -2.51. The third kappa shape index (κ3) is 8.24. The molecule has 216 valence electrons. The Bertz CT molecular complexity index is 957. The molecule has 1 aliphatic heterocycles. The average molecular weight is 544 g/mol. The molecule has 1 aromatic rings. The summed E-state index contributed by atoms with van der Waals surface area (Å²) in [6, 6.07) is 3.20. The quantitative estimate of drug-likeness (QED) is 0.165. The van der Waals surface area contributed by atoms with Gasteiger partial charge in [0.2, 0.25) is 11.7 Å². The summed E-state index contributed by atoms with van der Waals surface area (Å²) in [7, 11) is 3.15. The number of piperidine rings is 1. The molecule has 1 saturated heterocycles. The van der Waals surface area contributed by atoms with Crippen LogP contribution in [-0.4, -0.2) is 70.0 Å². The molecule has 1 aromatic carbocycles. The van der Waals surface area contributed by atoms with E-state index in [9.17, 15) is 9.59 Å². The van der Waals surface area contributed by atoms with Gasteiger partial charge in [-0.1, -0.05) is 38.0 Å². The third-order valence-corrected chi connectivity index (χ3v) is 7.54. The van der Waals surface area contributed by atoms with E-state index in [2.05, 4.69) is 13.2 Å². The van der Waals surface area contributed by atoms with Crippen LogP contribution in [0.2, 0.25) is 0 Å². The van der Waals surface area contributed by atoms with E-state index in [1.165, 1.54) is 6.42 Å². The van der Waals surface area contributed by atoms with Gasteiger partial charge in [-0.25, -0.2) is 4.79 Å². The Hall–Kier alpha value is -3.00. The molecule has 2 aliphatic rings. The van der Waals surface area contributed by atoms with Crippen molar-refractivity contribution >= 4 is 11.9 Å². The molecule has 0 bridgehead atoms. The SMILES string of the molecule is C=CCOCCCOC(=O)[C@@H]1CCCCN1C(=O)[C@H](c1cc(OC)c(OC)c(OCC=C)c1)C1CCCCC1. The number of hydrogen-bond acceptors (Lipinski definition) is 7. The first-order chi connectivity index (χ1) is 19.0. The topological polar surface area (TPSA) is 83.5 Å². The first-order valence-corrected chi connectivity index (χ1v) is 14.2. The van der Waals surface area contributed by atoms with Gasteiger partial charge in [0.15, 0.2) is 11.5 Å². The highest BCUT2D eigenvalue weighted by Crippen LogP contribution is 2.45. The van der Waals surface area contributed by atoms with E-state index >= 15 is 0 Å². The smallest absolute Gasteiger partial charge is 0.328 e. The van der Waals surface area contributed by atoms with Crippen molar-refractivity contribution in [2.45, 2.75) is 69.7 Å². The highest BCUT2D eigenvalue weighted by Gasteiger charge is 2.40. The lowest BCUT2D eigenvalue weighted by Gasteiger charge is -2.39. The van der Waals surface area contributed by atoms with Gasteiger partial charge in [-0.2, -0.15) is 0 Å². The number of hydrogen-bond donors (Lipinski definition) is 0. The molecule has 2 atom stereocenters. The lowest BCUT2D eigenvalue weighted by atomic mass is 9.75. The molecule has 8 heteroatoms. The molecular formula is C31H45NO7. The van der Waals surface area contributed by atoms with Gasteiger partial charge in [0, 0.05) is 13.0 Å². The Morgan fingerprint density at radius 1 is 0.949 bits per heavy atom. The standard InChI is InChI=1S/C31H45NO7/c1-5-17-37-19-12-20-39-31(34)25-15-10-11-16-32(25)30(33)28(23-13-8-7-9-14-23)24-21-26(35-3)29(36-4)27(22-24)38-18-6-2/h5-6,21-23,25,28H,1-2,7-20H2,3-4H3/t25-,28-/m0/s1. The predicted octanol–water partition coefficient (Wildman–Crippen LogP) is 5.45. The molecule has 0 unspecified atom stereocenters. The summed E-state index contributed by atoms with van der Waals surface area (Å²) >= 11 is 0. The van der Waals surface area contributed by atoms with Crippen molar-refractivity contribution in [1.29, 1.82) is 0 Å². The van der Waals surface area contributed by atoms with E-state index in [1.54, 1.807) is 31.3 Å². The van der Waals surface area contributed by atoms with Crippen LogP contribution in [0.5, 0.6) is 17.2 Å². The van der Waals surface area contributed by atoms with Gasteiger partial charge in [-0.05, 0) is 55.7 Å². The number of benzene rings is 1. The second-order valence-corrected chi connectivity index (χ2v) is 10.2. The van der Waals surface area contributed by atoms with Crippen LogP contribution >= 0.6 is 0 Å². The molecule has 0 radical (unpaired) electrons. The maximum atomic E-state index is 14.4. The second-order valence-electron chi connectivity index (χ2n) is 10.2. The Labute approximate surface area is 233 Å². The highest BCUT2D eigenvalue weighted by atomic mass is 16.5. The first kappa shape index (κ1) is 30.5. The zero-order valence-electron chi connectivity index (χ0n) is 23.7. The van der Waals surface area contributed by atoms with E-state index in [4.69, 9.17) is 23.7 Å². The monoisotopic (exact) mass is 543 g/mol. The van der Waals surface area contributed by atoms with Gasteiger partial charge < -0.3 is 28.6 Å². The van der Waals surface area contributed by atoms with E-state index in [0.29, 0.717) is 56.5 Å². The van der Waals surface area contributed by atoms with Crippen molar-refractivity contribution in [1.82, 2.24) is 4.90 Å². The molecule has 0 N–H and O–H groups in total. The minimum atomic E-state index is -0.580. The lowest BCUT2D eigenvalue weighted by molar-refractivity contribution is -0.158. The summed E-state index contributed by atoms with van der Waals surface area (Å²) in [4.78, 5) is 29.3. The van der Waals surface area contributed by atoms with Crippen LogP contribution < -0.4 is 14.2 Å². The number of esters is 1. The van der Waals surface area contributed by atoms with Crippen molar-refractivity contribution in [3.8, 4) is 17.2 Å². The molecule has 1 heterocycles. The second kappa shape index (κ2) is 16.2. The molecular weight excluding hydrogens is 498 g/mol. The summed E-state index contributed by atoms with van der Waals surface area (Å²) < 4.78 is 28.1. The van der Waals surface area contributed by atoms with Crippen LogP contribution in [0.4, 0.5) is 0 Å². The van der Waals surface area contributed by atoms with Gasteiger partial charge in [0.25, 0.3) is 0 Å². The number of ether oxygens (including phenoxy) is 5. The van der Waals surface area contributed by atoms with Crippen molar-refractivity contribution in [2.75, 3.05) is 47.2 Å². The van der Waals surface area contributed by atoms with Crippen LogP contribution in [0.1, 0.15) is 69.3 Å². The fourth-order valence-corrected chi connectivity index (χ4v) is 5.68. The summed E-state index contributed by atoms with van der Waals surface area (Å²) in [5.74, 6) is 0.879. The fourth-order valence-electron chi connectivity index (χ4n) is 5.68. The van der Waals surface area contributed by atoms with Gasteiger partial charge in [-0.3, -0.25) is 4.79 Å². The Morgan fingerprint density at radius 2 is 1.67 bits per heavy atom. The minimum Gasteiger partial charge on any atom is -0.493 e. The molecule has 0 spiro atoms. The van der Waals surface area contributed by atoms with Gasteiger partial charge in [0.1, 0.15) is 12.6 Å². The van der Waals surface area contributed by atoms with E-state index in [-0.39, 0.29) is 24.4 Å². The molecule has 0 aromatic heterocycles. The predicted molar refractivity (Wildman–Crippen MR) is 150 cm³/mol. The number of carbonyl (C=O) groups excluding carboxylic acids is 2. The van der Waals surface area contributed by atoms with Crippen LogP contribution in [0, 0.1) is 5.92 Å². The van der Waals surface area contributed by atoms with E-state index < -0.39 is 12.0 Å². The number of methoxy groups -OCH3 is 2. The summed E-state index contributed by atoms with van der Waals surface area (Å²) in [6.07, 6.45) is 11.6. The van der Waals surface area contributed by atoms with Gasteiger partial charge >= 0.3 is 5.97 Å². The molecule has 1 aliphatic carbocycles. The highest BCUT2D eigenvalue weighted by molar-refractivity contribution is 5.89. The summed E-state index contributed by atoms with van der Waals surface area (Å²) in [6.45, 7) is 9.43. The summed E-state index contributed by atoms with van der Waals surface area (Å²) in [5.41, 5.74) is 0.820. The zero-order chi connectivity index (χ0) is 28.0. The Kier molecular flexibility index (Phi) is 12.7. The number of carbonyl (C=O) groups is 2. The summed E-state index contributed by atoms with van der Waals surface area (Å²) in [5, 5.41) is 0. The van der Waals surface area contributed by atoms with E-state index in [0.717, 1.165) is 44.1 Å². The number of nitrogens with zero attached hydrogens (tertiary/aromatic N) is 1.